The molecule has 1 saturated carbocycles. The first kappa shape index (κ1) is 24.4. The Morgan fingerprint density at radius 3 is 2.74 bits per heavy atom. The normalized spacial score (nSPS) is 13.6. The summed E-state index contributed by atoms with van der Waals surface area (Å²) < 4.78 is 7.13. The second-order valence-electron chi connectivity index (χ2n) is 8.91. The van der Waals surface area contributed by atoms with Gasteiger partial charge < -0.3 is 14.2 Å². The van der Waals surface area contributed by atoms with Crippen molar-refractivity contribution in [3.63, 3.8) is 0 Å². The number of pyridine rings is 1. The molecule has 1 fully saturated rings. The molecule has 0 bridgehead atoms. The summed E-state index contributed by atoms with van der Waals surface area (Å²) in [7, 11) is 3.45. The third-order valence-corrected chi connectivity index (χ3v) is 6.53. The third kappa shape index (κ3) is 5.66. The van der Waals surface area contributed by atoms with Crippen LogP contribution >= 0.6 is 0 Å². The minimum Gasteiger partial charge on any atom is -0.385 e. The lowest BCUT2D eigenvalue weighted by Crippen LogP contribution is -2.27. The molecule has 2 amide bonds. The fourth-order valence-electron chi connectivity index (χ4n) is 4.53. The maximum atomic E-state index is 12.8. The summed E-state index contributed by atoms with van der Waals surface area (Å²) in [5.41, 5.74) is 2.89. The smallest absolute Gasteiger partial charge is 0.259 e. The number of nitrogens with zero attached hydrogens (tertiary/aromatic N) is 5. The van der Waals surface area contributed by atoms with Crippen molar-refractivity contribution in [2.24, 2.45) is 5.92 Å². The number of rotatable bonds is 9. The van der Waals surface area contributed by atoms with E-state index in [1.54, 1.807) is 25.1 Å². The van der Waals surface area contributed by atoms with Crippen molar-refractivity contribution in [1.82, 2.24) is 14.5 Å². The molecule has 0 atom stereocenters. The highest BCUT2D eigenvalue weighted by atomic mass is 16.5. The van der Waals surface area contributed by atoms with Crippen molar-refractivity contribution in [1.29, 1.82) is 5.26 Å². The van der Waals surface area contributed by atoms with E-state index in [2.05, 4.69) is 15.3 Å². The number of carbonyl (C=O) groups is 2. The lowest BCUT2D eigenvalue weighted by molar-refractivity contribution is -0.119. The van der Waals surface area contributed by atoms with Gasteiger partial charge in [0, 0.05) is 45.6 Å². The Labute approximate surface area is 204 Å². The molecule has 3 aromatic rings. The molecule has 0 spiro atoms. The van der Waals surface area contributed by atoms with Gasteiger partial charge in [-0.1, -0.05) is 12.8 Å². The molecule has 0 unspecified atom stereocenters. The van der Waals surface area contributed by atoms with Crippen LogP contribution in [0.15, 0.2) is 36.5 Å². The molecule has 2 heterocycles. The van der Waals surface area contributed by atoms with Gasteiger partial charge in [0.2, 0.25) is 11.9 Å². The average Bonchev–Trinajstić information content (AvgIpc) is 3.51. The fourth-order valence-corrected chi connectivity index (χ4v) is 4.53. The molecular formula is C26H30N6O3. The van der Waals surface area contributed by atoms with E-state index in [1.807, 2.05) is 28.8 Å². The van der Waals surface area contributed by atoms with Gasteiger partial charge >= 0.3 is 0 Å². The lowest BCUT2D eigenvalue weighted by Gasteiger charge is -2.19. The van der Waals surface area contributed by atoms with Crippen molar-refractivity contribution in [3.05, 3.63) is 47.8 Å². The molecule has 0 aliphatic heterocycles. The van der Waals surface area contributed by atoms with Crippen LogP contribution in [0.25, 0.3) is 11.0 Å². The number of nitrogens with one attached hydrogen (secondary N) is 1. The van der Waals surface area contributed by atoms with Gasteiger partial charge in [-0.15, -0.1) is 0 Å². The lowest BCUT2D eigenvalue weighted by atomic mass is 10.0. The van der Waals surface area contributed by atoms with Crippen molar-refractivity contribution >= 4 is 34.5 Å². The van der Waals surface area contributed by atoms with Crippen molar-refractivity contribution in [3.8, 4) is 6.07 Å². The first-order valence-corrected chi connectivity index (χ1v) is 11.9. The molecule has 4 rings (SSSR count). The number of aromatic nitrogens is 3. The number of ether oxygens (including phenoxy) is 1. The number of amides is 2. The molecule has 0 saturated heterocycles. The number of anilines is 2. The van der Waals surface area contributed by atoms with Gasteiger partial charge in [-0.3, -0.25) is 14.9 Å². The quantitative estimate of drug-likeness (QED) is 0.467. The predicted molar refractivity (Wildman–Crippen MR) is 133 cm³/mol. The van der Waals surface area contributed by atoms with Gasteiger partial charge in [0.05, 0.1) is 16.6 Å². The zero-order valence-electron chi connectivity index (χ0n) is 20.2. The summed E-state index contributed by atoms with van der Waals surface area (Å²) >= 11 is 0. The highest BCUT2D eigenvalue weighted by Gasteiger charge is 2.22. The molecule has 1 aliphatic rings. The molecule has 2 aromatic heterocycles. The second-order valence-corrected chi connectivity index (χ2v) is 8.91. The number of benzene rings is 1. The highest BCUT2D eigenvalue weighted by molar-refractivity contribution is 6.04. The summed E-state index contributed by atoms with van der Waals surface area (Å²) in [6.07, 6.45) is 7.35. The Morgan fingerprint density at radius 2 is 2.06 bits per heavy atom. The number of hydrogen-bond donors (Lipinski definition) is 1. The van der Waals surface area contributed by atoms with E-state index in [-0.39, 0.29) is 17.5 Å². The largest absolute Gasteiger partial charge is 0.385 e. The van der Waals surface area contributed by atoms with E-state index in [0.717, 1.165) is 30.5 Å². The molecule has 1 aromatic carbocycles. The Kier molecular flexibility index (Phi) is 7.73. The number of methoxy groups -OCH3 is 1. The van der Waals surface area contributed by atoms with Crippen LogP contribution in [0, 0.1) is 17.2 Å². The highest BCUT2D eigenvalue weighted by Crippen LogP contribution is 2.30. The van der Waals surface area contributed by atoms with Gasteiger partial charge in [-0.05, 0) is 55.5 Å². The number of aryl methyl sites for hydroxylation is 1. The van der Waals surface area contributed by atoms with Gasteiger partial charge in [0.25, 0.3) is 5.91 Å². The van der Waals surface area contributed by atoms with Crippen LogP contribution in [0.1, 0.15) is 54.6 Å². The molecule has 9 nitrogen and oxygen atoms in total. The number of hydrogen-bond acceptors (Lipinski definition) is 6. The van der Waals surface area contributed by atoms with Crippen LogP contribution in [0.2, 0.25) is 0 Å². The van der Waals surface area contributed by atoms with Gasteiger partial charge in [-0.25, -0.2) is 9.97 Å². The zero-order chi connectivity index (χ0) is 24.8. The van der Waals surface area contributed by atoms with Crippen LogP contribution < -0.4 is 10.2 Å². The third-order valence-electron chi connectivity index (χ3n) is 6.53. The summed E-state index contributed by atoms with van der Waals surface area (Å²) in [6.45, 7) is 1.17. The standard InChI is InChI=1S/C26H30N6O3/c1-31(24(33)14-18-6-3-4-7-18)21-10-11-23-22(15-21)29-26(32(23)12-5-13-35-2)30-25(34)19-8-9-20(16-27)28-17-19/h8-11,15,17-18H,3-7,12-14H2,1-2H3,(H,29,30,34). The first-order valence-electron chi connectivity index (χ1n) is 11.9. The monoisotopic (exact) mass is 474 g/mol. The van der Waals surface area contributed by atoms with E-state index < -0.39 is 0 Å². The SMILES string of the molecule is COCCCn1c(NC(=O)c2ccc(C#N)nc2)nc2cc(N(C)C(=O)CC3CCCC3)ccc21. The summed E-state index contributed by atoms with van der Waals surface area (Å²) in [4.78, 5) is 36.0. The molecular weight excluding hydrogens is 444 g/mol. The molecule has 9 heteroatoms. The van der Waals surface area contributed by atoms with E-state index in [9.17, 15) is 9.59 Å². The molecule has 35 heavy (non-hydrogen) atoms. The van der Waals surface area contributed by atoms with Gasteiger partial charge in [-0.2, -0.15) is 5.26 Å². The van der Waals surface area contributed by atoms with E-state index in [4.69, 9.17) is 10.00 Å². The number of imidazole rings is 1. The maximum absolute atomic E-state index is 12.8. The van der Waals surface area contributed by atoms with Crippen molar-refractivity contribution < 1.29 is 14.3 Å². The minimum atomic E-state index is -0.366. The number of nitriles is 1. The number of fused-ring (bicyclic) bond motifs is 1. The first-order chi connectivity index (χ1) is 17.0. The Hall–Kier alpha value is -3.77. The summed E-state index contributed by atoms with van der Waals surface area (Å²) in [5, 5.41) is 11.8. The van der Waals surface area contributed by atoms with Gasteiger partial charge in [0.1, 0.15) is 11.8 Å². The van der Waals surface area contributed by atoms with Crippen molar-refractivity contribution in [2.45, 2.75) is 45.1 Å². The van der Waals surface area contributed by atoms with Gasteiger partial charge in [0.15, 0.2) is 0 Å². The van der Waals surface area contributed by atoms with Crippen LogP contribution in [0.5, 0.6) is 0 Å². The van der Waals surface area contributed by atoms with E-state index >= 15 is 0 Å². The number of carbonyl (C=O) groups excluding carboxylic acids is 2. The topological polar surface area (TPSA) is 113 Å². The Balaban J connectivity index is 1.58. The molecule has 0 radical (unpaired) electrons. The molecule has 182 valence electrons. The Bertz CT molecular complexity index is 1240. The van der Waals surface area contributed by atoms with E-state index in [1.165, 1.54) is 25.1 Å². The average molecular weight is 475 g/mol. The fraction of sp³-hybridized carbons (Fsp3) is 0.423. The second kappa shape index (κ2) is 11.1. The minimum absolute atomic E-state index is 0.109. The molecule has 1 aliphatic carbocycles. The summed E-state index contributed by atoms with van der Waals surface area (Å²) in [5.74, 6) is 0.627. The maximum Gasteiger partial charge on any atom is 0.259 e. The van der Waals surface area contributed by atoms with Crippen LogP contribution in [-0.2, 0) is 16.1 Å². The predicted octanol–water partition coefficient (Wildman–Crippen LogP) is 4.13. The van der Waals surface area contributed by atoms with Crippen LogP contribution in [0.3, 0.4) is 0 Å². The van der Waals surface area contributed by atoms with Crippen LogP contribution in [0.4, 0.5) is 11.6 Å². The van der Waals surface area contributed by atoms with E-state index in [0.29, 0.717) is 42.5 Å². The molecule has 1 N–H and O–H groups in total. The Morgan fingerprint density at radius 1 is 1.26 bits per heavy atom. The summed E-state index contributed by atoms with van der Waals surface area (Å²) in [6, 6.07) is 10.7. The van der Waals surface area contributed by atoms with Crippen LogP contribution in [-0.4, -0.2) is 47.1 Å². The van der Waals surface area contributed by atoms with Crippen molar-refractivity contribution in [2.75, 3.05) is 31.0 Å². The zero-order valence-corrected chi connectivity index (χ0v) is 20.2.